The van der Waals surface area contributed by atoms with E-state index in [-0.39, 0.29) is 19.0 Å². The summed E-state index contributed by atoms with van der Waals surface area (Å²) in [5, 5.41) is 14.3. The fourth-order valence-electron chi connectivity index (χ4n) is 2.64. The van der Waals surface area contributed by atoms with Gasteiger partial charge in [-0.2, -0.15) is 0 Å². The molecular weight excluding hydrogens is 319 g/mol. The Morgan fingerprint density at radius 3 is 2.88 bits per heavy atom. The molecule has 1 unspecified atom stereocenters. The summed E-state index contributed by atoms with van der Waals surface area (Å²) in [7, 11) is 0. The Morgan fingerprint density at radius 2 is 2.25 bits per heavy atom. The van der Waals surface area contributed by atoms with Gasteiger partial charge >= 0.3 is 6.09 Å². The smallest absolute Gasteiger partial charge is 0.414 e. The van der Waals surface area contributed by atoms with Crippen LogP contribution in [-0.2, 0) is 9.53 Å². The Morgan fingerprint density at radius 1 is 1.50 bits per heavy atom. The molecule has 0 aromatic heterocycles. The molecule has 2 amide bonds. The second-order valence-electron chi connectivity index (χ2n) is 5.71. The number of amides is 2. The van der Waals surface area contributed by atoms with Crippen molar-refractivity contribution in [3.05, 3.63) is 24.0 Å². The zero-order valence-electron chi connectivity index (χ0n) is 13.0. The van der Waals surface area contributed by atoms with Gasteiger partial charge < -0.3 is 20.2 Å². The van der Waals surface area contributed by atoms with Crippen LogP contribution in [0, 0.1) is 5.82 Å². The summed E-state index contributed by atoms with van der Waals surface area (Å²) in [6.07, 6.45) is -1.04. The Balaban J connectivity index is 1.68. The quantitative estimate of drug-likeness (QED) is 0.630. The molecular formula is C15H17FN4O4. The summed E-state index contributed by atoms with van der Waals surface area (Å²) in [5.74, 6) is -0.678. The van der Waals surface area contributed by atoms with Crippen LogP contribution in [0.3, 0.4) is 0 Å². The number of hydrogen-bond donors (Lipinski definition) is 2. The first-order valence-electron chi connectivity index (χ1n) is 7.45. The second-order valence-corrected chi connectivity index (χ2v) is 5.71. The zero-order valence-corrected chi connectivity index (χ0v) is 13.0. The lowest BCUT2D eigenvalue weighted by Crippen LogP contribution is -2.47. The largest absolute Gasteiger partial charge is 0.442 e. The van der Waals surface area contributed by atoms with E-state index in [4.69, 9.17) is 9.94 Å². The lowest BCUT2D eigenvalue weighted by atomic mass is 10.1. The van der Waals surface area contributed by atoms with Gasteiger partial charge in [0.2, 0.25) is 5.91 Å². The number of anilines is 2. The van der Waals surface area contributed by atoms with E-state index in [0.717, 1.165) is 0 Å². The monoisotopic (exact) mass is 336 g/mol. The van der Waals surface area contributed by atoms with Gasteiger partial charge in [0, 0.05) is 6.92 Å². The molecule has 0 aliphatic carbocycles. The molecule has 2 N–H and O–H groups in total. The maximum absolute atomic E-state index is 14.3. The van der Waals surface area contributed by atoms with Crippen molar-refractivity contribution < 1.29 is 23.9 Å². The van der Waals surface area contributed by atoms with Crippen LogP contribution in [0.5, 0.6) is 0 Å². The van der Waals surface area contributed by atoms with E-state index in [1.54, 1.807) is 17.0 Å². The molecule has 1 aromatic carbocycles. The minimum absolute atomic E-state index is 0.208. The number of halogens is 1. The molecule has 24 heavy (non-hydrogen) atoms. The Kier molecular flexibility index (Phi) is 4.24. The van der Waals surface area contributed by atoms with Crippen LogP contribution in [0.2, 0.25) is 0 Å². The van der Waals surface area contributed by atoms with E-state index in [1.807, 2.05) is 0 Å². The van der Waals surface area contributed by atoms with Crippen molar-refractivity contribution in [3.8, 4) is 0 Å². The number of carbonyl (C=O) groups excluding carboxylic acids is 2. The highest BCUT2D eigenvalue weighted by atomic mass is 19.1. The van der Waals surface area contributed by atoms with Crippen molar-refractivity contribution in [2.75, 3.05) is 36.0 Å². The fourth-order valence-corrected chi connectivity index (χ4v) is 2.64. The first kappa shape index (κ1) is 16.0. The second kappa shape index (κ2) is 6.34. The van der Waals surface area contributed by atoms with Gasteiger partial charge in [-0.05, 0) is 18.2 Å². The average Bonchev–Trinajstić information content (AvgIpc) is 2.86. The van der Waals surface area contributed by atoms with Gasteiger partial charge in [0.25, 0.3) is 0 Å². The molecule has 2 fully saturated rings. The number of hydrogen-bond acceptors (Lipinski definition) is 6. The van der Waals surface area contributed by atoms with Gasteiger partial charge in [-0.1, -0.05) is 5.16 Å². The molecule has 9 heteroatoms. The first-order valence-corrected chi connectivity index (χ1v) is 7.45. The van der Waals surface area contributed by atoms with Crippen molar-refractivity contribution in [1.29, 1.82) is 0 Å². The van der Waals surface area contributed by atoms with E-state index in [1.165, 1.54) is 17.9 Å². The minimum Gasteiger partial charge on any atom is -0.442 e. The number of ether oxygens (including phenoxy) is 1. The Bertz CT molecular complexity index is 701. The van der Waals surface area contributed by atoms with Gasteiger partial charge in [0.15, 0.2) is 0 Å². The summed E-state index contributed by atoms with van der Waals surface area (Å²) in [4.78, 5) is 25.9. The number of nitrogens with zero attached hydrogens (tertiary/aromatic N) is 3. The predicted molar refractivity (Wildman–Crippen MR) is 84.1 cm³/mol. The lowest BCUT2D eigenvalue weighted by Gasteiger charge is -2.34. The number of oxime groups is 1. The molecule has 8 nitrogen and oxygen atoms in total. The van der Waals surface area contributed by atoms with Crippen molar-refractivity contribution in [2.24, 2.45) is 5.16 Å². The summed E-state index contributed by atoms with van der Waals surface area (Å²) < 4.78 is 19.5. The normalized spacial score (nSPS) is 19.8. The molecule has 1 aromatic rings. The lowest BCUT2D eigenvalue weighted by molar-refractivity contribution is -0.119. The number of rotatable bonds is 4. The van der Waals surface area contributed by atoms with Gasteiger partial charge in [-0.15, -0.1) is 0 Å². The number of cyclic esters (lactones) is 1. The van der Waals surface area contributed by atoms with E-state index < -0.39 is 18.0 Å². The standard InChI is InChI=1S/C15H17FN4O4/c1-9(21)17-5-12-8-20(15(22)24-12)11-2-3-14(13(16)4-11)19-6-10(7-19)18-23/h2-4,12,23H,5-8H2,1H3,(H,17,21). The summed E-state index contributed by atoms with van der Waals surface area (Å²) >= 11 is 0. The van der Waals surface area contributed by atoms with Crippen LogP contribution in [-0.4, -0.2) is 55.2 Å². The molecule has 2 saturated heterocycles. The molecule has 128 valence electrons. The third-order valence-electron chi connectivity index (χ3n) is 3.92. The molecule has 1 atom stereocenters. The highest BCUT2D eigenvalue weighted by Crippen LogP contribution is 2.29. The van der Waals surface area contributed by atoms with Crippen LogP contribution >= 0.6 is 0 Å². The average molecular weight is 336 g/mol. The van der Waals surface area contributed by atoms with E-state index >= 15 is 0 Å². The van der Waals surface area contributed by atoms with Gasteiger partial charge in [0.1, 0.15) is 11.9 Å². The highest BCUT2D eigenvalue weighted by Gasteiger charge is 2.33. The topological polar surface area (TPSA) is 94.5 Å². The van der Waals surface area contributed by atoms with E-state index in [0.29, 0.717) is 30.2 Å². The van der Waals surface area contributed by atoms with Gasteiger partial charge in [-0.3, -0.25) is 9.69 Å². The molecule has 2 heterocycles. The summed E-state index contributed by atoms with van der Waals surface area (Å²) in [5.41, 5.74) is 1.36. The van der Waals surface area contributed by atoms with Crippen molar-refractivity contribution >= 4 is 29.1 Å². The van der Waals surface area contributed by atoms with Crippen LogP contribution in [0.1, 0.15) is 6.92 Å². The minimum atomic E-state index is -0.573. The zero-order chi connectivity index (χ0) is 17.3. The summed E-state index contributed by atoms with van der Waals surface area (Å²) in [6, 6.07) is 4.48. The molecule has 0 radical (unpaired) electrons. The SMILES string of the molecule is CC(=O)NCC1CN(c2ccc(N3CC(=NO)C3)c(F)c2)C(=O)O1. The maximum Gasteiger partial charge on any atom is 0.414 e. The number of benzene rings is 1. The first-order chi connectivity index (χ1) is 11.5. The van der Waals surface area contributed by atoms with Crippen LogP contribution < -0.4 is 15.1 Å². The molecule has 2 aliphatic rings. The van der Waals surface area contributed by atoms with Crippen LogP contribution in [0.25, 0.3) is 0 Å². The molecule has 3 rings (SSSR count). The van der Waals surface area contributed by atoms with E-state index in [9.17, 15) is 14.0 Å². The van der Waals surface area contributed by atoms with E-state index in [2.05, 4.69) is 10.5 Å². The van der Waals surface area contributed by atoms with Crippen molar-refractivity contribution in [3.63, 3.8) is 0 Å². The third kappa shape index (κ3) is 3.10. The highest BCUT2D eigenvalue weighted by molar-refractivity contribution is 5.99. The third-order valence-corrected chi connectivity index (χ3v) is 3.92. The molecule has 2 aliphatic heterocycles. The predicted octanol–water partition coefficient (Wildman–Crippen LogP) is 0.937. The summed E-state index contributed by atoms with van der Waals surface area (Å²) in [6.45, 7) is 2.58. The molecule has 0 bridgehead atoms. The van der Waals surface area contributed by atoms with Crippen molar-refractivity contribution in [2.45, 2.75) is 13.0 Å². The Hall–Kier alpha value is -2.84. The number of nitrogens with one attached hydrogen (secondary N) is 1. The van der Waals surface area contributed by atoms with Gasteiger partial charge in [-0.25, -0.2) is 9.18 Å². The van der Waals surface area contributed by atoms with Crippen LogP contribution in [0.4, 0.5) is 20.6 Å². The molecule has 0 spiro atoms. The maximum atomic E-state index is 14.3. The fraction of sp³-hybridized carbons (Fsp3) is 0.400. The van der Waals surface area contributed by atoms with Crippen LogP contribution in [0.15, 0.2) is 23.4 Å². The van der Waals surface area contributed by atoms with Gasteiger partial charge in [0.05, 0.1) is 43.3 Å². The Labute approximate surface area is 137 Å². The van der Waals surface area contributed by atoms with Crippen molar-refractivity contribution in [1.82, 2.24) is 5.32 Å². The number of carbonyl (C=O) groups is 2. The molecule has 0 saturated carbocycles.